The maximum atomic E-state index is 11.8. The lowest BCUT2D eigenvalue weighted by atomic mass is 10.1. The number of carbonyl (C=O) groups is 2. The van der Waals surface area contributed by atoms with Gasteiger partial charge in [-0.2, -0.15) is 0 Å². The minimum absolute atomic E-state index is 0.0272. The summed E-state index contributed by atoms with van der Waals surface area (Å²) in [5.74, 6) is -1.36. The summed E-state index contributed by atoms with van der Waals surface area (Å²) in [6, 6.07) is -0.151. The number of carboxylic acid groups (broad SMARTS) is 1. The summed E-state index contributed by atoms with van der Waals surface area (Å²) in [7, 11) is 0. The van der Waals surface area contributed by atoms with Gasteiger partial charge in [0.25, 0.3) is 0 Å². The number of nitrogens with one attached hydrogen (secondary N) is 1. The molecule has 0 aromatic heterocycles. The minimum atomic E-state index is -0.835. The van der Waals surface area contributed by atoms with Crippen molar-refractivity contribution in [1.29, 1.82) is 0 Å². The van der Waals surface area contributed by atoms with Crippen molar-refractivity contribution in [2.75, 3.05) is 6.61 Å². The van der Waals surface area contributed by atoms with Gasteiger partial charge in [0, 0.05) is 12.6 Å². The van der Waals surface area contributed by atoms with Crippen LogP contribution in [-0.2, 0) is 14.3 Å². The van der Waals surface area contributed by atoms with Crippen molar-refractivity contribution < 1.29 is 19.4 Å². The third kappa shape index (κ3) is 3.57. The number of carbonyl (C=O) groups excluding carboxylic acids is 1. The van der Waals surface area contributed by atoms with E-state index in [2.05, 4.69) is 5.32 Å². The lowest BCUT2D eigenvalue weighted by Gasteiger charge is -2.22. The van der Waals surface area contributed by atoms with Crippen molar-refractivity contribution in [3.05, 3.63) is 12.2 Å². The molecule has 3 unspecified atom stereocenters. The van der Waals surface area contributed by atoms with Crippen LogP contribution in [0.1, 0.15) is 32.1 Å². The molecule has 0 spiro atoms. The first-order valence-corrected chi connectivity index (χ1v) is 6.47. The number of hydrogen-bond donors (Lipinski definition) is 2. The molecule has 5 nitrogen and oxygen atoms in total. The smallest absolute Gasteiger partial charge is 0.310 e. The van der Waals surface area contributed by atoms with E-state index in [9.17, 15) is 9.59 Å². The molecule has 5 heteroatoms. The van der Waals surface area contributed by atoms with Gasteiger partial charge in [-0.15, -0.1) is 0 Å². The Hall–Kier alpha value is -1.36. The second-order valence-electron chi connectivity index (χ2n) is 4.93. The molecule has 1 amide bonds. The number of rotatable bonds is 4. The number of ether oxygens (including phenoxy) is 1. The minimum Gasteiger partial charge on any atom is -0.481 e. The highest BCUT2D eigenvalue weighted by atomic mass is 16.5. The van der Waals surface area contributed by atoms with Gasteiger partial charge in [0.05, 0.1) is 18.4 Å². The predicted molar refractivity (Wildman–Crippen MR) is 65.0 cm³/mol. The van der Waals surface area contributed by atoms with Gasteiger partial charge in [0.15, 0.2) is 0 Å². The van der Waals surface area contributed by atoms with Crippen LogP contribution in [0.4, 0.5) is 0 Å². The van der Waals surface area contributed by atoms with E-state index in [1.54, 1.807) is 12.2 Å². The van der Waals surface area contributed by atoms with Crippen LogP contribution in [0.2, 0.25) is 0 Å². The fraction of sp³-hybridized carbons (Fsp3) is 0.692. The second-order valence-corrected chi connectivity index (χ2v) is 4.93. The van der Waals surface area contributed by atoms with E-state index in [1.165, 1.54) is 0 Å². The summed E-state index contributed by atoms with van der Waals surface area (Å²) in [5.41, 5.74) is 0. The monoisotopic (exact) mass is 253 g/mol. The van der Waals surface area contributed by atoms with Gasteiger partial charge in [-0.1, -0.05) is 12.2 Å². The fourth-order valence-electron chi connectivity index (χ4n) is 2.43. The van der Waals surface area contributed by atoms with E-state index in [0.29, 0.717) is 12.8 Å². The average Bonchev–Trinajstić information content (AvgIpc) is 2.78. The average molecular weight is 253 g/mol. The Morgan fingerprint density at radius 3 is 2.78 bits per heavy atom. The second kappa shape index (κ2) is 6.00. The number of amides is 1. The Bertz CT molecular complexity index is 347. The maximum Gasteiger partial charge on any atom is 0.310 e. The zero-order valence-electron chi connectivity index (χ0n) is 10.3. The molecule has 1 fully saturated rings. The Labute approximate surface area is 106 Å². The van der Waals surface area contributed by atoms with Crippen LogP contribution in [0.3, 0.4) is 0 Å². The lowest BCUT2D eigenvalue weighted by Crippen LogP contribution is -2.36. The lowest BCUT2D eigenvalue weighted by molar-refractivity contribution is -0.140. The number of hydrogen-bond acceptors (Lipinski definition) is 3. The summed E-state index contributed by atoms with van der Waals surface area (Å²) in [5, 5.41) is 11.7. The first-order valence-electron chi connectivity index (χ1n) is 6.47. The van der Waals surface area contributed by atoms with Crippen molar-refractivity contribution in [3.8, 4) is 0 Å². The number of aliphatic carboxylic acids is 1. The largest absolute Gasteiger partial charge is 0.481 e. The maximum absolute atomic E-state index is 11.8. The molecule has 1 aliphatic heterocycles. The standard InChI is InChI=1S/C13H19NO4/c15-12(8-11-3-1-2-6-18-11)14-10-5-4-9(7-10)13(16)17/h4-5,9-11H,1-3,6-8H2,(H,14,15)(H,16,17). The van der Waals surface area contributed by atoms with Crippen molar-refractivity contribution in [1.82, 2.24) is 5.32 Å². The normalized spacial score (nSPS) is 31.2. The topological polar surface area (TPSA) is 75.6 Å². The van der Waals surface area contributed by atoms with Crippen molar-refractivity contribution >= 4 is 11.9 Å². The first kappa shape index (κ1) is 13.1. The molecule has 0 saturated carbocycles. The molecule has 2 rings (SSSR count). The zero-order valence-corrected chi connectivity index (χ0v) is 10.3. The summed E-state index contributed by atoms with van der Waals surface area (Å²) < 4.78 is 5.50. The summed E-state index contributed by atoms with van der Waals surface area (Å²) in [4.78, 5) is 22.5. The van der Waals surface area contributed by atoms with Gasteiger partial charge in [-0.05, 0) is 25.7 Å². The van der Waals surface area contributed by atoms with Gasteiger partial charge in [-0.3, -0.25) is 9.59 Å². The molecular weight excluding hydrogens is 234 g/mol. The third-order valence-corrected chi connectivity index (χ3v) is 3.43. The molecule has 1 heterocycles. The van der Waals surface area contributed by atoms with E-state index in [1.807, 2.05) is 0 Å². The highest BCUT2D eigenvalue weighted by Crippen LogP contribution is 2.19. The van der Waals surface area contributed by atoms with Crippen molar-refractivity contribution in [2.45, 2.75) is 44.2 Å². The van der Waals surface area contributed by atoms with Gasteiger partial charge in [0.1, 0.15) is 0 Å². The van der Waals surface area contributed by atoms with Crippen LogP contribution in [-0.4, -0.2) is 35.7 Å². The van der Waals surface area contributed by atoms with Crippen LogP contribution < -0.4 is 5.32 Å². The van der Waals surface area contributed by atoms with E-state index in [0.717, 1.165) is 25.9 Å². The van der Waals surface area contributed by atoms with Gasteiger partial charge in [-0.25, -0.2) is 0 Å². The van der Waals surface area contributed by atoms with E-state index >= 15 is 0 Å². The van der Waals surface area contributed by atoms with Crippen molar-refractivity contribution in [2.24, 2.45) is 5.92 Å². The Morgan fingerprint density at radius 2 is 2.17 bits per heavy atom. The third-order valence-electron chi connectivity index (χ3n) is 3.43. The first-order chi connectivity index (χ1) is 8.65. The SMILES string of the molecule is O=C(CC1CCCCO1)NC1C=CC(C(=O)O)C1. The Kier molecular flexibility index (Phi) is 4.36. The molecule has 1 aliphatic carbocycles. The van der Waals surface area contributed by atoms with Crippen LogP contribution in [0.25, 0.3) is 0 Å². The van der Waals surface area contributed by atoms with Crippen LogP contribution >= 0.6 is 0 Å². The molecule has 100 valence electrons. The molecule has 3 atom stereocenters. The van der Waals surface area contributed by atoms with Gasteiger partial charge < -0.3 is 15.2 Å². The Morgan fingerprint density at radius 1 is 1.33 bits per heavy atom. The van der Waals surface area contributed by atoms with Crippen LogP contribution in [0, 0.1) is 5.92 Å². The molecule has 2 N–H and O–H groups in total. The highest BCUT2D eigenvalue weighted by molar-refractivity contribution is 5.78. The fourth-order valence-corrected chi connectivity index (χ4v) is 2.43. The molecule has 1 saturated heterocycles. The molecule has 18 heavy (non-hydrogen) atoms. The van der Waals surface area contributed by atoms with Gasteiger partial charge >= 0.3 is 5.97 Å². The summed E-state index contributed by atoms with van der Waals surface area (Å²) >= 11 is 0. The predicted octanol–water partition coefficient (Wildman–Crippen LogP) is 1.09. The van der Waals surface area contributed by atoms with Crippen LogP contribution in [0.15, 0.2) is 12.2 Å². The molecule has 0 bridgehead atoms. The quantitative estimate of drug-likeness (QED) is 0.735. The Balaban J connectivity index is 1.72. The zero-order chi connectivity index (χ0) is 13.0. The van der Waals surface area contributed by atoms with Gasteiger partial charge in [0.2, 0.25) is 5.91 Å². The molecule has 2 aliphatic rings. The molecule has 0 aromatic carbocycles. The van der Waals surface area contributed by atoms with E-state index in [4.69, 9.17) is 9.84 Å². The van der Waals surface area contributed by atoms with Crippen molar-refractivity contribution in [3.63, 3.8) is 0 Å². The molecule has 0 aromatic rings. The summed E-state index contributed by atoms with van der Waals surface area (Å²) in [6.07, 6.45) is 7.38. The molecular formula is C13H19NO4. The molecule has 0 radical (unpaired) electrons. The summed E-state index contributed by atoms with van der Waals surface area (Å²) in [6.45, 7) is 0.738. The van der Waals surface area contributed by atoms with Crippen LogP contribution in [0.5, 0.6) is 0 Å². The van der Waals surface area contributed by atoms with E-state index < -0.39 is 11.9 Å². The highest BCUT2D eigenvalue weighted by Gasteiger charge is 2.26. The van der Waals surface area contributed by atoms with E-state index in [-0.39, 0.29) is 18.1 Å². The number of carboxylic acids is 1.